The van der Waals surface area contributed by atoms with Crippen molar-refractivity contribution in [3.8, 4) is 5.75 Å². The maximum absolute atomic E-state index is 12.9. The van der Waals surface area contributed by atoms with E-state index in [9.17, 15) is 9.90 Å². The Morgan fingerprint density at radius 1 is 1.11 bits per heavy atom. The minimum Gasteiger partial charge on any atom is -0.491 e. The van der Waals surface area contributed by atoms with E-state index in [1.807, 2.05) is 77.9 Å². The number of halogens is 1. The van der Waals surface area contributed by atoms with Crippen LogP contribution in [0.4, 0.5) is 5.69 Å². The number of carbonyl (C=O) groups is 1. The Morgan fingerprint density at radius 3 is 2.74 bits per heavy atom. The standard InChI is InChI=1S/C28H28ClN3O3/c1-18-6-5-7-21(12-18)31-15-20(14-27(31)34)28-30-25-8-3-4-9-26(25)32(28)16-22(33)17-35-23-10-11-24(29)19(2)13-23/h3-13,20,22,33H,14-17H2,1-2H3/t20-,22+/m0/s1. The number of carbonyl (C=O) groups excluding carboxylic acids is 1. The molecule has 0 unspecified atom stereocenters. The number of aliphatic hydroxyl groups excluding tert-OH is 1. The molecule has 0 bridgehead atoms. The molecule has 1 aromatic heterocycles. The molecule has 4 aromatic rings. The van der Waals surface area contributed by atoms with Crippen molar-refractivity contribution in [3.63, 3.8) is 0 Å². The predicted molar refractivity (Wildman–Crippen MR) is 138 cm³/mol. The van der Waals surface area contributed by atoms with Crippen LogP contribution in [0.1, 0.15) is 29.3 Å². The van der Waals surface area contributed by atoms with E-state index in [0.29, 0.717) is 30.3 Å². The summed E-state index contributed by atoms with van der Waals surface area (Å²) in [4.78, 5) is 19.7. The van der Waals surface area contributed by atoms with Crippen molar-refractivity contribution in [1.29, 1.82) is 0 Å². The predicted octanol–water partition coefficient (Wildman–Crippen LogP) is 5.27. The van der Waals surface area contributed by atoms with E-state index in [-0.39, 0.29) is 18.4 Å². The maximum Gasteiger partial charge on any atom is 0.227 e. The highest BCUT2D eigenvalue weighted by Gasteiger charge is 2.35. The molecule has 5 rings (SSSR count). The summed E-state index contributed by atoms with van der Waals surface area (Å²) in [6.45, 7) is 4.94. The Kier molecular flexibility index (Phi) is 6.50. The first-order chi connectivity index (χ1) is 16.9. The van der Waals surface area contributed by atoms with Crippen molar-refractivity contribution in [2.45, 2.75) is 38.8 Å². The summed E-state index contributed by atoms with van der Waals surface area (Å²) in [5.74, 6) is 1.50. The molecule has 6 nitrogen and oxygen atoms in total. The molecule has 1 amide bonds. The number of anilines is 1. The van der Waals surface area contributed by atoms with Crippen molar-refractivity contribution in [2.75, 3.05) is 18.1 Å². The Hall–Kier alpha value is -3.35. The van der Waals surface area contributed by atoms with Crippen LogP contribution < -0.4 is 9.64 Å². The van der Waals surface area contributed by atoms with Crippen LogP contribution in [0, 0.1) is 13.8 Å². The normalized spacial score (nSPS) is 16.7. The van der Waals surface area contributed by atoms with Crippen LogP contribution in [0.2, 0.25) is 5.02 Å². The second-order valence-electron chi connectivity index (χ2n) is 9.19. The number of para-hydroxylation sites is 2. The lowest BCUT2D eigenvalue weighted by atomic mass is 10.1. The fourth-order valence-electron chi connectivity index (χ4n) is 4.69. The van der Waals surface area contributed by atoms with Gasteiger partial charge in [0.2, 0.25) is 5.91 Å². The molecule has 1 aliphatic rings. The molecule has 7 heteroatoms. The lowest BCUT2D eigenvalue weighted by molar-refractivity contribution is -0.117. The molecule has 0 saturated carbocycles. The highest BCUT2D eigenvalue weighted by atomic mass is 35.5. The van der Waals surface area contributed by atoms with E-state index in [1.54, 1.807) is 12.1 Å². The Labute approximate surface area is 209 Å². The molecule has 1 saturated heterocycles. The van der Waals surface area contributed by atoms with Gasteiger partial charge in [-0.15, -0.1) is 0 Å². The van der Waals surface area contributed by atoms with Crippen LogP contribution in [0.5, 0.6) is 5.75 Å². The quantitative estimate of drug-likeness (QED) is 0.384. The minimum atomic E-state index is -0.757. The lowest BCUT2D eigenvalue weighted by Gasteiger charge is -2.19. The fourth-order valence-corrected chi connectivity index (χ4v) is 4.80. The van der Waals surface area contributed by atoms with Crippen molar-refractivity contribution in [3.05, 3.63) is 88.7 Å². The summed E-state index contributed by atoms with van der Waals surface area (Å²) >= 11 is 6.10. The molecule has 2 atom stereocenters. The molecule has 1 fully saturated rings. The van der Waals surface area contributed by atoms with E-state index in [1.165, 1.54) is 0 Å². The molecule has 1 N–H and O–H groups in total. The third kappa shape index (κ3) is 4.90. The summed E-state index contributed by atoms with van der Waals surface area (Å²) in [5, 5.41) is 11.5. The first-order valence-corrected chi connectivity index (χ1v) is 12.2. The molecule has 0 aliphatic carbocycles. The Bertz CT molecular complexity index is 1380. The largest absolute Gasteiger partial charge is 0.491 e. The van der Waals surface area contributed by atoms with Gasteiger partial charge in [-0.05, 0) is 67.4 Å². The number of rotatable bonds is 7. The summed E-state index contributed by atoms with van der Waals surface area (Å²) < 4.78 is 7.86. The number of aryl methyl sites for hydroxylation is 2. The number of hydrogen-bond donors (Lipinski definition) is 1. The van der Waals surface area contributed by atoms with Gasteiger partial charge in [0, 0.05) is 29.6 Å². The van der Waals surface area contributed by atoms with E-state index >= 15 is 0 Å². The van der Waals surface area contributed by atoms with Gasteiger partial charge in [0.15, 0.2) is 0 Å². The Morgan fingerprint density at radius 2 is 1.94 bits per heavy atom. The zero-order valence-electron chi connectivity index (χ0n) is 19.8. The van der Waals surface area contributed by atoms with Crippen LogP contribution >= 0.6 is 11.6 Å². The number of imidazole rings is 1. The number of hydrogen-bond acceptors (Lipinski definition) is 4. The number of amides is 1. The van der Waals surface area contributed by atoms with Gasteiger partial charge < -0.3 is 19.3 Å². The SMILES string of the molecule is Cc1cccc(N2C[C@@H](c3nc4ccccc4n3C[C@@H](O)COc3ccc(Cl)c(C)c3)CC2=O)c1. The average molecular weight is 490 g/mol. The number of nitrogens with zero attached hydrogens (tertiary/aromatic N) is 3. The third-order valence-electron chi connectivity index (χ3n) is 6.45. The molecule has 2 heterocycles. The molecule has 1 aliphatic heterocycles. The lowest BCUT2D eigenvalue weighted by Crippen LogP contribution is -2.26. The first-order valence-electron chi connectivity index (χ1n) is 11.8. The third-order valence-corrected chi connectivity index (χ3v) is 6.88. The van der Waals surface area contributed by atoms with Crippen LogP contribution in [0.15, 0.2) is 66.7 Å². The topological polar surface area (TPSA) is 67.6 Å². The number of ether oxygens (including phenoxy) is 1. The molecule has 0 radical (unpaired) electrons. The summed E-state index contributed by atoms with van der Waals surface area (Å²) in [7, 11) is 0. The number of aliphatic hydroxyl groups is 1. The molecule has 0 spiro atoms. The minimum absolute atomic E-state index is 0.0672. The highest BCUT2D eigenvalue weighted by molar-refractivity contribution is 6.31. The number of aromatic nitrogens is 2. The second-order valence-corrected chi connectivity index (χ2v) is 9.60. The molecule has 180 valence electrons. The van der Waals surface area contributed by atoms with Crippen LogP contribution in [0.25, 0.3) is 11.0 Å². The zero-order valence-corrected chi connectivity index (χ0v) is 20.6. The summed E-state index contributed by atoms with van der Waals surface area (Å²) in [5.41, 5.74) is 4.73. The second kappa shape index (κ2) is 9.72. The summed E-state index contributed by atoms with van der Waals surface area (Å²) in [6.07, 6.45) is -0.374. The van der Waals surface area contributed by atoms with E-state index in [2.05, 4.69) is 0 Å². The van der Waals surface area contributed by atoms with Crippen molar-refractivity contribution < 1.29 is 14.6 Å². The molecular weight excluding hydrogens is 462 g/mol. The van der Waals surface area contributed by atoms with Crippen LogP contribution in [0.3, 0.4) is 0 Å². The van der Waals surface area contributed by atoms with Crippen molar-refractivity contribution in [1.82, 2.24) is 9.55 Å². The first kappa shape index (κ1) is 23.4. The average Bonchev–Trinajstić information content (AvgIpc) is 3.40. The molecule has 35 heavy (non-hydrogen) atoms. The zero-order chi connectivity index (χ0) is 24.5. The molecule has 3 aromatic carbocycles. The van der Waals surface area contributed by atoms with Crippen molar-refractivity contribution in [2.24, 2.45) is 0 Å². The number of fused-ring (bicyclic) bond motifs is 1. The highest BCUT2D eigenvalue weighted by Crippen LogP contribution is 2.33. The van der Waals surface area contributed by atoms with Gasteiger partial charge >= 0.3 is 0 Å². The fraction of sp³-hybridized carbons (Fsp3) is 0.286. The van der Waals surface area contributed by atoms with Gasteiger partial charge in [0.25, 0.3) is 0 Å². The summed E-state index contributed by atoms with van der Waals surface area (Å²) in [6, 6.07) is 21.3. The van der Waals surface area contributed by atoms with Crippen molar-refractivity contribution >= 4 is 34.2 Å². The van der Waals surface area contributed by atoms with Gasteiger partial charge in [-0.1, -0.05) is 35.9 Å². The van der Waals surface area contributed by atoms with Gasteiger partial charge in [-0.3, -0.25) is 4.79 Å². The maximum atomic E-state index is 12.9. The van der Waals surface area contributed by atoms with E-state index in [4.69, 9.17) is 21.3 Å². The van der Waals surface area contributed by atoms with Gasteiger partial charge in [0.1, 0.15) is 24.3 Å². The smallest absolute Gasteiger partial charge is 0.227 e. The van der Waals surface area contributed by atoms with Gasteiger partial charge in [-0.2, -0.15) is 0 Å². The van der Waals surface area contributed by atoms with Crippen LogP contribution in [-0.2, 0) is 11.3 Å². The van der Waals surface area contributed by atoms with Gasteiger partial charge in [-0.25, -0.2) is 4.98 Å². The monoisotopic (exact) mass is 489 g/mol. The Balaban J connectivity index is 1.37. The van der Waals surface area contributed by atoms with E-state index < -0.39 is 6.10 Å². The molecular formula is C28H28ClN3O3. The van der Waals surface area contributed by atoms with E-state index in [0.717, 1.165) is 33.7 Å². The van der Waals surface area contributed by atoms with Crippen LogP contribution in [-0.4, -0.2) is 39.8 Å². The van der Waals surface area contributed by atoms with Gasteiger partial charge in [0.05, 0.1) is 17.6 Å². The number of benzene rings is 3.